The molecule has 0 aromatic carbocycles. The minimum atomic E-state index is -0.442. The van der Waals surface area contributed by atoms with Crippen LogP contribution in [0, 0.1) is 5.92 Å². The van der Waals surface area contributed by atoms with Crippen molar-refractivity contribution in [2.24, 2.45) is 5.92 Å². The number of esters is 1. The molecule has 0 aliphatic carbocycles. The first kappa shape index (κ1) is 15.7. The van der Waals surface area contributed by atoms with Crippen molar-refractivity contribution in [3.05, 3.63) is 0 Å². The monoisotopic (exact) mass is 274 g/mol. The molecule has 1 saturated heterocycles. The van der Waals surface area contributed by atoms with Gasteiger partial charge in [-0.1, -0.05) is 0 Å². The topological polar surface area (TPSA) is 88.1 Å². The van der Waals surface area contributed by atoms with Crippen LogP contribution in [0.4, 0.5) is 4.79 Å². The number of amides is 1. The minimum Gasteiger partial charge on any atom is -0.469 e. The van der Waals surface area contributed by atoms with Crippen LogP contribution in [0.25, 0.3) is 0 Å². The zero-order chi connectivity index (χ0) is 14.3. The number of piperidine rings is 1. The highest BCUT2D eigenvalue weighted by molar-refractivity contribution is 5.74. The lowest BCUT2D eigenvalue weighted by molar-refractivity contribution is -0.147. The van der Waals surface area contributed by atoms with E-state index in [-0.39, 0.29) is 24.5 Å². The molecule has 2 atom stereocenters. The summed E-state index contributed by atoms with van der Waals surface area (Å²) in [6.45, 7) is 1.56. The summed E-state index contributed by atoms with van der Waals surface area (Å²) >= 11 is 0. The Morgan fingerprint density at radius 3 is 2.63 bits per heavy atom. The summed E-state index contributed by atoms with van der Waals surface area (Å²) in [6.07, 6.45) is 0.811. The second-order valence-corrected chi connectivity index (χ2v) is 4.56. The molecule has 110 valence electrons. The molecule has 0 saturated carbocycles. The van der Waals surface area contributed by atoms with E-state index in [9.17, 15) is 9.59 Å². The molecule has 19 heavy (non-hydrogen) atoms. The van der Waals surface area contributed by atoms with Crippen LogP contribution in [0.2, 0.25) is 0 Å². The molecule has 7 heteroatoms. The Balaban J connectivity index is 2.60. The van der Waals surface area contributed by atoms with Crippen LogP contribution in [0.15, 0.2) is 0 Å². The molecule has 1 aliphatic heterocycles. The van der Waals surface area contributed by atoms with Crippen molar-refractivity contribution in [3.63, 3.8) is 0 Å². The van der Waals surface area contributed by atoms with Gasteiger partial charge in [0.05, 0.1) is 20.1 Å². The van der Waals surface area contributed by atoms with Crippen molar-refractivity contribution in [1.29, 1.82) is 0 Å². The number of methoxy groups -OCH3 is 2. The van der Waals surface area contributed by atoms with Gasteiger partial charge in [-0.2, -0.15) is 0 Å². The van der Waals surface area contributed by atoms with Gasteiger partial charge in [0, 0.05) is 25.7 Å². The van der Waals surface area contributed by atoms with E-state index in [4.69, 9.17) is 14.6 Å². The highest BCUT2D eigenvalue weighted by Gasteiger charge is 2.34. The second kappa shape index (κ2) is 7.96. The molecule has 1 heterocycles. The first-order chi connectivity index (χ1) is 9.12. The molecule has 0 aromatic heterocycles. The Bertz CT molecular complexity index is 286. The Morgan fingerprint density at radius 1 is 1.32 bits per heavy atom. The van der Waals surface area contributed by atoms with Gasteiger partial charge in [-0.05, 0) is 19.4 Å². The number of rotatable bonds is 5. The molecule has 1 fully saturated rings. The predicted molar refractivity (Wildman–Crippen MR) is 67.6 cm³/mol. The third kappa shape index (κ3) is 4.68. The third-order valence-electron chi connectivity index (χ3n) is 3.19. The first-order valence-electron chi connectivity index (χ1n) is 6.37. The fourth-order valence-electron chi connectivity index (χ4n) is 2.25. The summed E-state index contributed by atoms with van der Waals surface area (Å²) in [7, 11) is 2.66. The van der Waals surface area contributed by atoms with Crippen molar-refractivity contribution in [3.8, 4) is 0 Å². The van der Waals surface area contributed by atoms with E-state index in [0.29, 0.717) is 32.5 Å². The number of likely N-dealkylation sites (tertiary alicyclic amines) is 1. The second-order valence-electron chi connectivity index (χ2n) is 4.56. The number of nitrogens with zero attached hydrogens (tertiary/aromatic N) is 1. The normalized spacial score (nSPS) is 23.0. The van der Waals surface area contributed by atoms with E-state index in [1.165, 1.54) is 19.1 Å². The lowest BCUT2D eigenvalue weighted by Crippen LogP contribution is -2.53. The van der Waals surface area contributed by atoms with Crippen LogP contribution < -0.4 is 5.32 Å². The summed E-state index contributed by atoms with van der Waals surface area (Å²) in [4.78, 5) is 24.7. The predicted octanol–water partition coefficient (Wildman–Crippen LogP) is -0.412. The van der Waals surface area contributed by atoms with Crippen LogP contribution in [0.5, 0.6) is 0 Å². The summed E-state index contributed by atoms with van der Waals surface area (Å²) in [5.74, 6) is -0.660. The summed E-state index contributed by atoms with van der Waals surface area (Å²) in [6, 6.07) is 0.00324. The van der Waals surface area contributed by atoms with E-state index in [2.05, 4.69) is 5.32 Å². The van der Waals surface area contributed by atoms with Crippen LogP contribution >= 0.6 is 0 Å². The maximum absolute atomic E-state index is 11.6. The number of ether oxygens (including phenoxy) is 2. The van der Waals surface area contributed by atoms with Gasteiger partial charge < -0.3 is 24.8 Å². The summed E-state index contributed by atoms with van der Waals surface area (Å²) in [5.41, 5.74) is 0. The number of hydrogen-bond donors (Lipinski definition) is 2. The quantitative estimate of drug-likeness (QED) is 0.523. The highest BCUT2D eigenvalue weighted by atomic mass is 16.5. The Hall–Kier alpha value is -1.34. The maximum atomic E-state index is 11.6. The number of aliphatic hydroxyl groups is 1. The number of carbonyl (C=O) groups excluding carboxylic acids is 2. The van der Waals surface area contributed by atoms with Gasteiger partial charge in [-0.25, -0.2) is 4.79 Å². The maximum Gasteiger partial charge on any atom is 0.409 e. The number of aliphatic hydroxyl groups excluding tert-OH is 1. The Morgan fingerprint density at radius 2 is 2.05 bits per heavy atom. The van der Waals surface area contributed by atoms with E-state index in [0.717, 1.165) is 0 Å². The summed E-state index contributed by atoms with van der Waals surface area (Å²) < 4.78 is 9.43. The van der Waals surface area contributed by atoms with E-state index in [1.54, 1.807) is 0 Å². The SMILES string of the molecule is COC(=O)C1CC(NCCCO)CN(C(=O)OC)C1. The molecule has 2 N–H and O–H groups in total. The summed E-state index contributed by atoms with van der Waals surface area (Å²) in [5, 5.41) is 12.0. The number of hydrogen-bond acceptors (Lipinski definition) is 6. The van der Waals surface area contributed by atoms with E-state index in [1.807, 2.05) is 0 Å². The van der Waals surface area contributed by atoms with Crippen LogP contribution in [-0.2, 0) is 14.3 Å². The Kier molecular flexibility index (Phi) is 6.58. The van der Waals surface area contributed by atoms with Crippen LogP contribution in [0.1, 0.15) is 12.8 Å². The van der Waals surface area contributed by atoms with Crippen molar-refractivity contribution >= 4 is 12.1 Å². The standard InChI is InChI=1S/C12H22N2O5/c1-18-11(16)9-6-10(13-4-3-5-15)8-14(7-9)12(17)19-2/h9-10,13,15H,3-8H2,1-2H3. The molecule has 0 aromatic rings. The molecular weight excluding hydrogens is 252 g/mol. The van der Waals surface area contributed by atoms with E-state index >= 15 is 0 Å². The van der Waals surface area contributed by atoms with Crippen LogP contribution in [0.3, 0.4) is 0 Å². The molecule has 0 radical (unpaired) electrons. The molecule has 1 rings (SSSR count). The van der Waals surface area contributed by atoms with Gasteiger partial charge in [-0.15, -0.1) is 0 Å². The van der Waals surface area contributed by atoms with E-state index < -0.39 is 6.09 Å². The van der Waals surface area contributed by atoms with Gasteiger partial charge in [0.25, 0.3) is 0 Å². The van der Waals surface area contributed by atoms with Crippen LogP contribution in [-0.4, -0.2) is 68.6 Å². The molecule has 0 spiro atoms. The van der Waals surface area contributed by atoms with Gasteiger partial charge in [0.2, 0.25) is 0 Å². The average molecular weight is 274 g/mol. The lowest BCUT2D eigenvalue weighted by Gasteiger charge is -2.36. The molecule has 1 amide bonds. The van der Waals surface area contributed by atoms with Crippen molar-refractivity contribution in [1.82, 2.24) is 10.2 Å². The number of nitrogens with one attached hydrogen (secondary N) is 1. The van der Waals surface area contributed by atoms with Crippen molar-refractivity contribution in [2.75, 3.05) is 40.5 Å². The fourth-order valence-corrected chi connectivity index (χ4v) is 2.25. The van der Waals surface area contributed by atoms with Gasteiger partial charge in [0.1, 0.15) is 0 Å². The molecular formula is C12H22N2O5. The molecule has 0 bridgehead atoms. The lowest BCUT2D eigenvalue weighted by atomic mass is 9.94. The largest absolute Gasteiger partial charge is 0.469 e. The van der Waals surface area contributed by atoms with Crippen molar-refractivity contribution in [2.45, 2.75) is 18.9 Å². The number of carbonyl (C=O) groups is 2. The zero-order valence-electron chi connectivity index (χ0n) is 11.4. The third-order valence-corrected chi connectivity index (χ3v) is 3.19. The Labute approximate surface area is 112 Å². The highest BCUT2D eigenvalue weighted by Crippen LogP contribution is 2.19. The van der Waals surface area contributed by atoms with Gasteiger partial charge in [-0.3, -0.25) is 4.79 Å². The minimum absolute atomic E-state index is 0.00324. The average Bonchev–Trinajstić information content (AvgIpc) is 2.45. The van der Waals surface area contributed by atoms with Gasteiger partial charge in [0.15, 0.2) is 0 Å². The fraction of sp³-hybridized carbons (Fsp3) is 0.833. The molecule has 7 nitrogen and oxygen atoms in total. The smallest absolute Gasteiger partial charge is 0.409 e. The molecule has 2 unspecified atom stereocenters. The van der Waals surface area contributed by atoms with Crippen molar-refractivity contribution < 1.29 is 24.2 Å². The first-order valence-corrected chi connectivity index (χ1v) is 6.37. The van der Waals surface area contributed by atoms with Gasteiger partial charge >= 0.3 is 12.1 Å². The zero-order valence-corrected chi connectivity index (χ0v) is 11.4. The molecule has 1 aliphatic rings.